The van der Waals surface area contributed by atoms with Crippen molar-refractivity contribution in [1.82, 2.24) is 5.32 Å². The fourth-order valence-corrected chi connectivity index (χ4v) is 2.49. The van der Waals surface area contributed by atoms with Gasteiger partial charge in [0.15, 0.2) is 0 Å². The Bertz CT molecular complexity index is 473. The molecule has 166 valence electrons. The Morgan fingerprint density at radius 1 is 1.07 bits per heavy atom. The number of aliphatic hydroxyl groups excluding tert-OH is 2. The van der Waals surface area contributed by atoms with Crippen LogP contribution in [0.15, 0.2) is 0 Å². The lowest BCUT2D eigenvalue weighted by atomic mass is 9.84. The number of methoxy groups -OCH3 is 1. The Hall–Kier alpha value is -1.22. The number of nitrogens with one attached hydrogen (secondary N) is 1. The van der Waals surface area contributed by atoms with Gasteiger partial charge in [-0.25, -0.2) is 0 Å². The highest BCUT2D eigenvalue weighted by atomic mass is 16.7. The van der Waals surface area contributed by atoms with E-state index >= 15 is 0 Å². The zero-order valence-corrected chi connectivity index (χ0v) is 18.5. The number of esters is 1. The van der Waals surface area contributed by atoms with Crippen LogP contribution >= 0.6 is 0 Å². The summed E-state index contributed by atoms with van der Waals surface area (Å²) in [6.45, 7) is 10.4. The zero-order valence-electron chi connectivity index (χ0n) is 18.5. The summed E-state index contributed by atoms with van der Waals surface area (Å²) in [4.78, 5) is 24.2. The number of hydrogen-bond acceptors (Lipinski definition) is 7. The molecule has 0 rings (SSSR count). The first-order chi connectivity index (χ1) is 12.8. The summed E-state index contributed by atoms with van der Waals surface area (Å²) in [6.07, 6.45) is 1.04. The van der Waals surface area contributed by atoms with Crippen molar-refractivity contribution in [2.75, 3.05) is 26.9 Å². The smallest absolute Gasteiger partial charge is 0.306 e. The predicted molar refractivity (Wildman–Crippen MR) is 106 cm³/mol. The topological polar surface area (TPSA) is 114 Å². The molecule has 1 amide bonds. The lowest BCUT2D eigenvalue weighted by molar-refractivity contribution is -0.282. The minimum atomic E-state index is -1.52. The number of carbonyl (C=O) groups is 2. The Balaban J connectivity index is 4.51. The third-order valence-corrected chi connectivity index (χ3v) is 4.29. The van der Waals surface area contributed by atoms with Crippen molar-refractivity contribution in [3.8, 4) is 0 Å². The Kier molecular flexibility index (Phi) is 11.2. The number of carbonyl (C=O) groups excluding carboxylic acids is 2. The van der Waals surface area contributed by atoms with Crippen LogP contribution in [0.3, 0.4) is 0 Å². The van der Waals surface area contributed by atoms with Gasteiger partial charge < -0.3 is 29.7 Å². The van der Waals surface area contributed by atoms with Crippen LogP contribution in [0.5, 0.6) is 0 Å². The van der Waals surface area contributed by atoms with E-state index in [0.717, 1.165) is 0 Å². The molecule has 0 unspecified atom stereocenters. The first-order valence-corrected chi connectivity index (χ1v) is 9.73. The summed E-state index contributed by atoms with van der Waals surface area (Å²) in [5.74, 6) is -1.95. The maximum absolute atomic E-state index is 12.2. The van der Waals surface area contributed by atoms with E-state index in [-0.39, 0.29) is 35.9 Å². The second-order valence-electron chi connectivity index (χ2n) is 8.90. The molecule has 0 aromatic rings. The molecular weight excluding hydrogens is 366 g/mol. The maximum atomic E-state index is 12.2. The van der Waals surface area contributed by atoms with Crippen LogP contribution in [0.4, 0.5) is 0 Å². The molecule has 0 aliphatic carbocycles. The van der Waals surface area contributed by atoms with Gasteiger partial charge in [0.2, 0.25) is 11.7 Å². The first-order valence-electron chi connectivity index (χ1n) is 9.73. The summed E-state index contributed by atoms with van der Waals surface area (Å²) >= 11 is 0. The summed E-state index contributed by atoms with van der Waals surface area (Å²) in [5, 5.41) is 21.7. The van der Waals surface area contributed by atoms with E-state index in [1.807, 2.05) is 41.5 Å². The number of amides is 1. The van der Waals surface area contributed by atoms with Gasteiger partial charge in [-0.1, -0.05) is 20.8 Å². The van der Waals surface area contributed by atoms with E-state index in [0.29, 0.717) is 19.3 Å². The number of rotatable bonds is 13. The van der Waals surface area contributed by atoms with Gasteiger partial charge in [0.05, 0.1) is 25.7 Å². The summed E-state index contributed by atoms with van der Waals surface area (Å²) in [7, 11) is 1.32. The third-order valence-electron chi connectivity index (χ3n) is 4.29. The zero-order chi connectivity index (χ0) is 22.0. The average Bonchev–Trinajstić information content (AvgIpc) is 2.59. The lowest BCUT2D eigenvalue weighted by Gasteiger charge is -2.32. The van der Waals surface area contributed by atoms with Gasteiger partial charge in [0.25, 0.3) is 0 Å². The highest BCUT2D eigenvalue weighted by molar-refractivity contribution is 5.76. The van der Waals surface area contributed by atoms with Crippen LogP contribution in [0.1, 0.15) is 67.2 Å². The Morgan fingerprint density at radius 3 is 2.07 bits per heavy atom. The van der Waals surface area contributed by atoms with E-state index in [2.05, 4.69) is 5.32 Å². The fourth-order valence-electron chi connectivity index (χ4n) is 2.49. The molecule has 0 radical (unpaired) electrons. The van der Waals surface area contributed by atoms with Gasteiger partial charge in [-0.2, -0.15) is 0 Å². The molecule has 0 aliphatic heterocycles. The van der Waals surface area contributed by atoms with Crippen molar-refractivity contribution in [1.29, 1.82) is 0 Å². The monoisotopic (exact) mass is 405 g/mol. The summed E-state index contributed by atoms with van der Waals surface area (Å²) in [6, 6.07) is 0. The minimum absolute atomic E-state index is 0.0129. The minimum Gasteiger partial charge on any atom is -0.463 e. The Labute approximate surface area is 168 Å². The van der Waals surface area contributed by atoms with E-state index in [1.165, 1.54) is 7.11 Å². The Morgan fingerprint density at radius 2 is 1.64 bits per heavy atom. The molecular formula is C20H39NO7. The van der Waals surface area contributed by atoms with E-state index in [9.17, 15) is 19.8 Å². The molecule has 0 heterocycles. The molecule has 0 aromatic heterocycles. The normalized spacial score (nSPS) is 13.9. The maximum Gasteiger partial charge on any atom is 0.306 e. The molecule has 0 aromatic carbocycles. The number of ether oxygens (including phenoxy) is 3. The van der Waals surface area contributed by atoms with Gasteiger partial charge in [-0.3, -0.25) is 9.59 Å². The van der Waals surface area contributed by atoms with Gasteiger partial charge in [0, 0.05) is 19.1 Å². The third kappa shape index (κ3) is 10.9. The quantitative estimate of drug-likeness (QED) is 0.316. The molecule has 8 heteroatoms. The predicted octanol–water partition coefficient (Wildman–Crippen LogP) is 1.76. The van der Waals surface area contributed by atoms with E-state index in [1.54, 1.807) is 0 Å². The average molecular weight is 406 g/mol. The van der Waals surface area contributed by atoms with Gasteiger partial charge in [0.1, 0.15) is 6.61 Å². The van der Waals surface area contributed by atoms with Crippen molar-refractivity contribution >= 4 is 11.9 Å². The SMILES string of the molecule is CC[C@H](COC(=O)CC(C)(C)CCC(=O)NC(C)(C)C)OC(CO)(CO)OC. The van der Waals surface area contributed by atoms with Crippen molar-refractivity contribution in [3.63, 3.8) is 0 Å². The molecule has 8 nitrogen and oxygen atoms in total. The standard InChI is InChI=1S/C20H39NO7/c1-8-15(28-20(13-22,14-23)26-7)12-27-17(25)11-19(5,6)10-9-16(24)21-18(2,3)4/h15,22-23H,8-14H2,1-7H3,(H,21,24)/t15-/m1/s1. The van der Waals surface area contributed by atoms with Crippen LogP contribution in [-0.4, -0.2) is 66.4 Å². The molecule has 28 heavy (non-hydrogen) atoms. The second-order valence-corrected chi connectivity index (χ2v) is 8.90. The largest absolute Gasteiger partial charge is 0.463 e. The summed E-state index contributed by atoms with van der Waals surface area (Å²) < 4.78 is 15.9. The van der Waals surface area contributed by atoms with E-state index < -0.39 is 25.1 Å². The van der Waals surface area contributed by atoms with Crippen LogP contribution in [0.25, 0.3) is 0 Å². The molecule has 1 atom stereocenters. The number of hydrogen-bond donors (Lipinski definition) is 3. The highest BCUT2D eigenvalue weighted by Crippen LogP contribution is 2.27. The van der Waals surface area contributed by atoms with Gasteiger partial charge in [-0.05, 0) is 39.0 Å². The van der Waals surface area contributed by atoms with Crippen molar-refractivity contribution in [2.24, 2.45) is 5.41 Å². The van der Waals surface area contributed by atoms with Crippen LogP contribution < -0.4 is 5.32 Å². The van der Waals surface area contributed by atoms with Crippen molar-refractivity contribution < 1.29 is 34.0 Å². The number of aliphatic hydroxyl groups is 2. The molecule has 0 spiro atoms. The molecule has 0 saturated carbocycles. The van der Waals surface area contributed by atoms with Crippen molar-refractivity contribution in [2.45, 2.75) is 84.7 Å². The summed E-state index contributed by atoms with van der Waals surface area (Å²) in [5.41, 5.74) is -0.669. The van der Waals surface area contributed by atoms with E-state index in [4.69, 9.17) is 14.2 Å². The van der Waals surface area contributed by atoms with Crippen molar-refractivity contribution in [3.05, 3.63) is 0 Å². The molecule has 0 bridgehead atoms. The van der Waals surface area contributed by atoms with Crippen LogP contribution in [-0.2, 0) is 23.8 Å². The van der Waals surface area contributed by atoms with Gasteiger partial charge >= 0.3 is 5.97 Å². The molecule has 0 fully saturated rings. The molecule has 0 aliphatic rings. The first kappa shape index (κ1) is 26.8. The van der Waals surface area contributed by atoms with Crippen LogP contribution in [0.2, 0.25) is 0 Å². The van der Waals surface area contributed by atoms with Gasteiger partial charge in [-0.15, -0.1) is 0 Å². The van der Waals surface area contributed by atoms with Crippen LogP contribution in [0, 0.1) is 5.41 Å². The lowest BCUT2D eigenvalue weighted by Crippen LogP contribution is -2.46. The highest BCUT2D eigenvalue weighted by Gasteiger charge is 2.33. The molecule has 0 saturated heterocycles. The second kappa shape index (κ2) is 11.7. The fraction of sp³-hybridized carbons (Fsp3) is 0.900. The molecule has 3 N–H and O–H groups in total.